The quantitative estimate of drug-likeness (QED) is 0.532. The van der Waals surface area contributed by atoms with Crippen LogP contribution in [-0.2, 0) is 25.0 Å². The molecule has 0 radical (unpaired) electrons. The minimum atomic E-state index is -4.04. The first-order valence-electron chi connectivity index (χ1n) is 5.67. The number of nitrogens with one attached hydrogen (secondary N) is 2. The molecule has 0 saturated heterocycles. The van der Waals surface area contributed by atoms with Crippen LogP contribution in [0.1, 0.15) is 0 Å². The molecule has 11 heteroatoms. The maximum Gasteiger partial charge on any atom is 0.299 e. The maximum absolute atomic E-state index is 11.7. The molecule has 0 saturated carbocycles. The summed E-state index contributed by atoms with van der Waals surface area (Å²) in [7, 11) is -5.18. The third-order valence-electron chi connectivity index (χ3n) is 2.32. The zero-order chi connectivity index (χ0) is 16.1. The molecule has 21 heavy (non-hydrogen) atoms. The van der Waals surface area contributed by atoms with Gasteiger partial charge in [0, 0.05) is 13.7 Å². The van der Waals surface area contributed by atoms with E-state index >= 15 is 0 Å². The van der Waals surface area contributed by atoms with Gasteiger partial charge in [0.2, 0.25) is 10.0 Å². The van der Waals surface area contributed by atoms with Crippen LogP contribution in [-0.4, -0.2) is 44.2 Å². The summed E-state index contributed by atoms with van der Waals surface area (Å²) in [6.45, 7) is 0.274. The van der Waals surface area contributed by atoms with Crippen LogP contribution in [0.5, 0.6) is 5.75 Å². The van der Waals surface area contributed by atoms with Crippen LogP contribution >= 0.6 is 0 Å². The number of hydrogen-bond acceptors (Lipinski definition) is 6. The summed E-state index contributed by atoms with van der Waals surface area (Å²) in [5, 5.41) is 5.05. The standard InChI is InChI=1S/C10H17N3O6S2/c1-18-6-5-12-21(16,17)13-8-3-4-9(19-2)10(7-8)20(11,14)15/h3-4,7,12-13H,5-6H2,1-2H3,(H2,11,14,15). The van der Waals surface area contributed by atoms with Gasteiger partial charge in [0.25, 0.3) is 10.2 Å². The number of ether oxygens (including phenoxy) is 2. The van der Waals surface area contributed by atoms with Gasteiger partial charge in [-0.25, -0.2) is 13.6 Å². The molecule has 1 rings (SSSR count). The summed E-state index contributed by atoms with van der Waals surface area (Å²) >= 11 is 0. The summed E-state index contributed by atoms with van der Waals surface area (Å²) in [6, 6.07) is 3.72. The van der Waals surface area contributed by atoms with E-state index in [1.54, 1.807) is 0 Å². The van der Waals surface area contributed by atoms with Gasteiger partial charge in [-0.3, -0.25) is 4.72 Å². The normalized spacial score (nSPS) is 12.1. The highest BCUT2D eigenvalue weighted by Gasteiger charge is 2.17. The van der Waals surface area contributed by atoms with Gasteiger partial charge in [0.15, 0.2) is 0 Å². The Morgan fingerprint density at radius 3 is 2.38 bits per heavy atom. The Hall–Kier alpha value is -1.40. The van der Waals surface area contributed by atoms with E-state index in [2.05, 4.69) is 9.44 Å². The molecule has 0 aliphatic carbocycles. The molecule has 0 unspecified atom stereocenters. The number of primary sulfonamides is 1. The molecule has 0 aliphatic heterocycles. The largest absolute Gasteiger partial charge is 0.495 e. The van der Waals surface area contributed by atoms with Crippen LogP contribution in [0.25, 0.3) is 0 Å². The molecule has 120 valence electrons. The fraction of sp³-hybridized carbons (Fsp3) is 0.400. The summed E-state index contributed by atoms with van der Waals surface area (Å²) in [5.74, 6) is 0.0211. The van der Waals surface area contributed by atoms with E-state index in [0.29, 0.717) is 0 Å². The molecule has 0 aliphatic rings. The Balaban J connectivity index is 3.00. The number of nitrogens with two attached hydrogens (primary N) is 1. The van der Waals surface area contributed by atoms with Crippen LogP contribution in [0.15, 0.2) is 23.1 Å². The predicted octanol–water partition coefficient (Wildman–Crippen LogP) is -0.765. The molecule has 9 nitrogen and oxygen atoms in total. The lowest BCUT2D eigenvalue weighted by molar-refractivity contribution is 0.204. The molecule has 0 bridgehead atoms. The minimum absolute atomic E-state index is 0.0211. The van der Waals surface area contributed by atoms with Crippen LogP contribution in [0, 0.1) is 0 Å². The van der Waals surface area contributed by atoms with Crippen molar-refractivity contribution >= 4 is 25.9 Å². The molecule has 1 aromatic rings. The lowest BCUT2D eigenvalue weighted by Gasteiger charge is -2.12. The number of sulfonamides is 1. The Morgan fingerprint density at radius 2 is 1.86 bits per heavy atom. The molecule has 0 spiro atoms. The summed E-state index contributed by atoms with van der Waals surface area (Å²) in [5.41, 5.74) is 0.0322. The van der Waals surface area contributed by atoms with Gasteiger partial charge in [-0.2, -0.15) is 13.1 Å². The van der Waals surface area contributed by atoms with Gasteiger partial charge in [-0.05, 0) is 18.2 Å². The SMILES string of the molecule is COCCNS(=O)(=O)Nc1ccc(OC)c(S(N)(=O)=O)c1. The minimum Gasteiger partial charge on any atom is -0.495 e. The van der Waals surface area contributed by atoms with Crippen molar-refractivity contribution in [3.05, 3.63) is 18.2 Å². The first kappa shape index (κ1) is 17.7. The Kier molecular flexibility index (Phi) is 5.92. The predicted molar refractivity (Wildman–Crippen MR) is 76.8 cm³/mol. The van der Waals surface area contributed by atoms with Gasteiger partial charge in [0.1, 0.15) is 10.6 Å². The van der Waals surface area contributed by atoms with E-state index in [1.807, 2.05) is 0 Å². The zero-order valence-corrected chi connectivity index (χ0v) is 13.1. The lowest BCUT2D eigenvalue weighted by atomic mass is 10.3. The maximum atomic E-state index is 11.7. The monoisotopic (exact) mass is 339 g/mol. The molecule has 0 aromatic heterocycles. The van der Waals surface area contributed by atoms with Crippen LogP contribution < -0.4 is 19.3 Å². The first-order chi connectivity index (χ1) is 9.69. The van der Waals surface area contributed by atoms with E-state index in [4.69, 9.17) is 14.6 Å². The third kappa shape index (κ3) is 5.47. The van der Waals surface area contributed by atoms with Crippen molar-refractivity contribution < 1.29 is 26.3 Å². The summed E-state index contributed by atoms with van der Waals surface area (Å²) in [6.07, 6.45) is 0. The van der Waals surface area contributed by atoms with E-state index in [0.717, 1.165) is 6.07 Å². The van der Waals surface area contributed by atoms with E-state index < -0.39 is 20.2 Å². The summed E-state index contributed by atoms with van der Waals surface area (Å²) < 4.78 is 60.2. The van der Waals surface area contributed by atoms with Gasteiger partial charge in [-0.1, -0.05) is 0 Å². The highest BCUT2D eigenvalue weighted by molar-refractivity contribution is 7.90. The second-order valence-electron chi connectivity index (χ2n) is 3.90. The molecule has 0 amide bonds. The van der Waals surface area contributed by atoms with Crippen molar-refractivity contribution in [2.45, 2.75) is 4.90 Å². The zero-order valence-electron chi connectivity index (χ0n) is 11.5. The van der Waals surface area contributed by atoms with Crippen LogP contribution in [0.4, 0.5) is 5.69 Å². The highest BCUT2D eigenvalue weighted by atomic mass is 32.2. The van der Waals surface area contributed by atoms with E-state index in [1.165, 1.54) is 26.4 Å². The number of hydrogen-bond donors (Lipinski definition) is 3. The second kappa shape index (κ2) is 7.04. The van der Waals surface area contributed by atoms with Gasteiger partial charge >= 0.3 is 0 Å². The molecular weight excluding hydrogens is 322 g/mol. The van der Waals surface area contributed by atoms with Crippen LogP contribution in [0.3, 0.4) is 0 Å². The molecule has 0 fully saturated rings. The molecule has 4 N–H and O–H groups in total. The Bertz CT molecular complexity index is 687. The van der Waals surface area contributed by atoms with E-state index in [9.17, 15) is 16.8 Å². The number of rotatable bonds is 8. The van der Waals surface area contributed by atoms with Crippen molar-refractivity contribution in [3.8, 4) is 5.75 Å². The third-order valence-corrected chi connectivity index (χ3v) is 4.34. The van der Waals surface area contributed by atoms with Crippen LogP contribution in [0.2, 0.25) is 0 Å². The van der Waals surface area contributed by atoms with Crippen molar-refractivity contribution in [1.82, 2.24) is 4.72 Å². The Morgan fingerprint density at radius 1 is 1.19 bits per heavy atom. The second-order valence-corrected chi connectivity index (χ2v) is 6.93. The van der Waals surface area contributed by atoms with Crippen molar-refractivity contribution in [1.29, 1.82) is 0 Å². The molecule has 1 aromatic carbocycles. The van der Waals surface area contributed by atoms with Crippen molar-refractivity contribution in [3.63, 3.8) is 0 Å². The smallest absolute Gasteiger partial charge is 0.299 e. The highest BCUT2D eigenvalue weighted by Crippen LogP contribution is 2.26. The van der Waals surface area contributed by atoms with Gasteiger partial charge < -0.3 is 9.47 Å². The average Bonchev–Trinajstić information content (AvgIpc) is 2.37. The van der Waals surface area contributed by atoms with E-state index in [-0.39, 0.29) is 29.5 Å². The number of benzene rings is 1. The van der Waals surface area contributed by atoms with Gasteiger partial charge in [-0.15, -0.1) is 0 Å². The fourth-order valence-corrected chi connectivity index (χ4v) is 3.02. The first-order valence-corrected chi connectivity index (χ1v) is 8.70. The number of anilines is 1. The fourth-order valence-electron chi connectivity index (χ4n) is 1.43. The topological polar surface area (TPSA) is 137 Å². The summed E-state index contributed by atoms with van der Waals surface area (Å²) in [4.78, 5) is -0.318. The molecule has 0 atom stereocenters. The number of methoxy groups -OCH3 is 2. The van der Waals surface area contributed by atoms with Crippen molar-refractivity contribution in [2.75, 3.05) is 32.1 Å². The molecule has 0 heterocycles. The van der Waals surface area contributed by atoms with Crippen molar-refractivity contribution in [2.24, 2.45) is 5.14 Å². The molecular formula is C10H17N3O6S2. The average molecular weight is 339 g/mol. The van der Waals surface area contributed by atoms with Gasteiger partial charge in [0.05, 0.1) is 19.4 Å². The Labute approximate surface area is 123 Å². The lowest BCUT2D eigenvalue weighted by Crippen LogP contribution is -2.32.